The Morgan fingerprint density at radius 3 is 2.56 bits per heavy atom. The lowest BCUT2D eigenvalue weighted by Crippen LogP contribution is -2.42. The minimum atomic E-state index is -4.89. The molecular formula is C25H25F5N4O6S. The number of carbonyl (C=O) groups is 1. The first-order valence-electron chi connectivity index (χ1n) is 12.6. The van der Waals surface area contributed by atoms with Gasteiger partial charge in [-0.05, 0) is 43.0 Å². The van der Waals surface area contributed by atoms with E-state index >= 15 is 0 Å². The Morgan fingerprint density at radius 1 is 1.15 bits per heavy atom. The molecule has 0 spiro atoms. The number of halogens is 5. The van der Waals surface area contributed by atoms with E-state index in [9.17, 15) is 35.2 Å². The zero-order chi connectivity index (χ0) is 29.6. The first-order chi connectivity index (χ1) is 19.3. The van der Waals surface area contributed by atoms with E-state index < -0.39 is 47.4 Å². The highest BCUT2D eigenvalue weighted by atomic mass is 32.2. The first kappa shape index (κ1) is 29.0. The number of rotatable bonds is 8. The van der Waals surface area contributed by atoms with Crippen molar-refractivity contribution in [2.75, 3.05) is 32.0 Å². The third-order valence-electron chi connectivity index (χ3n) is 6.97. The van der Waals surface area contributed by atoms with Crippen molar-refractivity contribution < 1.29 is 49.7 Å². The Kier molecular flexibility index (Phi) is 7.59. The molecule has 1 aromatic heterocycles. The molecule has 1 amide bonds. The van der Waals surface area contributed by atoms with Gasteiger partial charge in [-0.1, -0.05) is 12.1 Å². The number of aliphatic hydroxyl groups excluding tert-OH is 1. The Morgan fingerprint density at radius 2 is 1.88 bits per heavy atom. The number of nitrogens with one attached hydrogen (secondary N) is 1. The molecule has 0 aliphatic carbocycles. The molecule has 0 atom stereocenters. The fourth-order valence-corrected chi connectivity index (χ4v) is 6.20. The maximum atomic E-state index is 13.9. The van der Waals surface area contributed by atoms with Crippen LogP contribution in [0.5, 0.6) is 11.5 Å². The second-order valence-electron chi connectivity index (χ2n) is 9.73. The number of fused-ring (bicyclic) bond motifs is 2. The molecule has 2 aliphatic rings. The zero-order valence-electron chi connectivity index (χ0n) is 21.3. The molecule has 3 heterocycles. The molecule has 0 radical (unpaired) electrons. The van der Waals surface area contributed by atoms with Gasteiger partial charge in [0.05, 0.1) is 29.9 Å². The summed E-state index contributed by atoms with van der Waals surface area (Å²) in [7, 11) is -3.53. The van der Waals surface area contributed by atoms with Crippen LogP contribution in [-0.4, -0.2) is 71.6 Å². The molecule has 222 valence electrons. The van der Waals surface area contributed by atoms with Crippen LogP contribution < -0.4 is 14.8 Å². The third kappa shape index (κ3) is 6.08. The van der Waals surface area contributed by atoms with Gasteiger partial charge in [0.2, 0.25) is 15.8 Å². The molecule has 16 heteroatoms. The molecule has 5 rings (SSSR count). The second-order valence-corrected chi connectivity index (χ2v) is 11.8. The Balaban J connectivity index is 1.32. The van der Waals surface area contributed by atoms with Crippen LogP contribution in [0.4, 0.5) is 22.0 Å². The summed E-state index contributed by atoms with van der Waals surface area (Å²) in [5.41, 5.74) is -0.0200. The van der Waals surface area contributed by atoms with Gasteiger partial charge in [-0.25, -0.2) is 17.7 Å². The second kappa shape index (κ2) is 10.7. The number of imidazole rings is 1. The van der Waals surface area contributed by atoms with Crippen molar-refractivity contribution in [2.24, 2.45) is 5.92 Å². The number of piperidine rings is 1. The summed E-state index contributed by atoms with van der Waals surface area (Å²) in [6, 6.07) is 7.75. The maximum absolute atomic E-state index is 13.9. The summed E-state index contributed by atoms with van der Waals surface area (Å²) < 4.78 is 104. The average molecular weight is 605 g/mol. The summed E-state index contributed by atoms with van der Waals surface area (Å²) in [6.07, 6.45) is -7.85. The lowest BCUT2D eigenvalue weighted by atomic mass is 9.98. The molecule has 41 heavy (non-hydrogen) atoms. The minimum Gasteiger partial charge on any atom is -0.395 e. The topological polar surface area (TPSA) is 123 Å². The Hall–Kier alpha value is -3.50. The van der Waals surface area contributed by atoms with Crippen molar-refractivity contribution in [2.45, 2.75) is 31.9 Å². The number of amides is 1. The SMILES string of the molecule is O=C(NCC1CCN(S(=O)(=O)CCO)CC1)c1ccc2c(c1)nc(C(F)(F)F)n2Cc1cccc2c1OC(F)(F)O2. The van der Waals surface area contributed by atoms with Crippen LogP contribution in [0.1, 0.15) is 34.6 Å². The van der Waals surface area contributed by atoms with Crippen molar-refractivity contribution in [3.63, 3.8) is 0 Å². The van der Waals surface area contributed by atoms with E-state index in [1.165, 1.54) is 40.7 Å². The van der Waals surface area contributed by atoms with Gasteiger partial charge in [0, 0.05) is 30.8 Å². The monoisotopic (exact) mass is 604 g/mol. The number of aliphatic hydroxyl groups is 1. The predicted molar refractivity (Wildman–Crippen MR) is 134 cm³/mol. The van der Waals surface area contributed by atoms with Crippen LogP contribution in [0.15, 0.2) is 36.4 Å². The number of sulfonamides is 1. The number of nitrogens with zero attached hydrogens (tertiary/aromatic N) is 3. The van der Waals surface area contributed by atoms with Crippen LogP contribution in [0.25, 0.3) is 11.0 Å². The largest absolute Gasteiger partial charge is 0.586 e. The van der Waals surface area contributed by atoms with E-state index in [1.54, 1.807) is 0 Å². The molecule has 0 bridgehead atoms. The summed E-state index contributed by atoms with van der Waals surface area (Å²) in [6.45, 7) is -0.231. The van der Waals surface area contributed by atoms with Crippen molar-refractivity contribution in [3.8, 4) is 11.5 Å². The molecular weight excluding hydrogens is 579 g/mol. The first-order valence-corrected chi connectivity index (χ1v) is 14.2. The number of ether oxygens (including phenoxy) is 2. The highest BCUT2D eigenvalue weighted by Crippen LogP contribution is 2.44. The van der Waals surface area contributed by atoms with Crippen LogP contribution in [0.3, 0.4) is 0 Å². The van der Waals surface area contributed by atoms with Gasteiger partial charge in [0.15, 0.2) is 11.5 Å². The number of aromatic nitrogens is 2. The highest BCUT2D eigenvalue weighted by molar-refractivity contribution is 7.89. The van der Waals surface area contributed by atoms with Gasteiger partial charge in [0.25, 0.3) is 5.91 Å². The fourth-order valence-electron chi connectivity index (χ4n) is 4.94. The number of hydrogen-bond donors (Lipinski definition) is 2. The molecule has 10 nitrogen and oxygen atoms in total. The number of para-hydroxylation sites is 1. The quantitative estimate of drug-likeness (QED) is 0.379. The molecule has 1 saturated heterocycles. The summed E-state index contributed by atoms with van der Waals surface area (Å²) >= 11 is 0. The summed E-state index contributed by atoms with van der Waals surface area (Å²) in [5, 5.41) is 11.7. The fraction of sp³-hybridized carbons (Fsp3) is 0.440. The Bertz CT molecular complexity index is 1570. The van der Waals surface area contributed by atoms with Gasteiger partial charge >= 0.3 is 12.5 Å². The molecule has 2 N–H and O–H groups in total. The molecule has 2 aromatic carbocycles. The van der Waals surface area contributed by atoms with E-state index in [0.717, 1.165) is 4.57 Å². The summed E-state index contributed by atoms with van der Waals surface area (Å²) in [4.78, 5) is 16.5. The van der Waals surface area contributed by atoms with Crippen LogP contribution in [0.2, 0.25) is 0 Å². The van der Waals surface area contributed by atoms with E-state index in [0.29, 0.717) is 12.8 Å². The van der Waals surface area contributed by atoms with E-state index in [1.807, 2.05) is 0 Å². The number of hydrogen-bond acceptors (Lipinski definition) is 7. The van der Waals surface area contributed by atoms with E-state index in [4.69, 9.17) is 5.11 Å². The van der Waals surface area contributed by atoms with Gasteiger partial charge in [0.1, 0.15) is 0 Å². The smallest absolute Gasteiger partial charge is 0.395 e. The number of alkyl halides is 5. The van der Waals surface area contributed by atoms with Gasteiger partial charge in [-0.2, -0.15) is 13.2 Å². The maximum Gasteiger partial charge on any atom is 0.586 e. The van der Waals surface area contributed by atoms with Crippen LogP contribution in [-0.2, 0) is 22.7 Å². The minimum absolute atomic E-state index is 0.00882. The lowest BCUT2D eigenvalue weighted by Gasteiger charge is -2.31. The van der Waals surface area contributed by atoms with Crippen LogP contribution >= 0.6 is 0 Å². The number of carbonyl (C=O) groups excluding carboxylic acids is 1. The van der Waals surface area contributed by atoms with E-state index in [-0.39, 0.29) is 65.0 Å². The molecule has 3 aromatic rings. The van der Waals surface area contributed by atoms with Crippen molar-refractivity contribution >= 4 is 27.0 Å². The van der Waals surface area contributed by atoms with Crippen molar-refractivity contribution in [3.05, 3.63) is 53.3 Å². The normalized spacial score (nSPS) is 17.7. The third-order valence-corrected chi connectivity index (χ3v) is 8.82. The lowest BCUT2D eigenvalue weighted by molar-refractivity contribution is -0.287. The molecule has 0 saturated carbocycles. The molecule has 1 fully saturated rings. The van der Waals surface area contributed by atoms with E-state index in [2.05, 4.69) is 19.8 Å². The number of benzene rings is 2. The molecule has 2 aliphatic heterocycles. The van der Waals surface area contributed by atoms with Gasteiger partial charge in [-0.3, -0.25) is 4.79 Å². The summed E-state index contributed by atoms with van der Waals surface area (Å²) in [5.74, 6) is -2.86. The predicted octanol–water partition coefficient (Wildman–Crippen LogP) is 3.19. The van der Waals surface area contributed by atoms with Crippen molar-refractivity contribution in [1.82, 2.24) is 19.2 Å². The highest BCUT2D eigenvalue weighted by Gasteiger charge is 2.45. The standard InChI is InChI=1S/C25H25F5N4O6S/c26-24(27,28)23-32-18-12-16(22(36)31-13-15-6-8-33(9-7-15)41(37,38)11-10-35)4-5-19(18)34(23)14-17-2-1-3-20-21(17)40-25(29,30)39-20/h1-5,12,15,35H,6-11,13-14H2,(H,31,36). The Labute approximate surface area is 230 Å². The van der Waals surface area contributed by atoms with Gasteiger partial charge < -0.3 is 24.5 Å². The zero-order valence-corrected chi connectivity index (χ0v) is 22.1. The van der Waals surface area contributed by atoms with Gasteiger partial charge in [-0.15, -0.1) is 8.78 Å². The average Bonchev–Trinajstić information content (AvgIpc) is 3.43. The van der Waals surface area contributed by atoms with Crippen LogP contribution in [0, 0.1) is 5.92 Å². The van der Waals surface area contributed by atoms with Crippen molar-refractivity contribution in [1.29, 1.82) is 0 Å². The molecule has 0 unspecified atom stereocenters.